The standard InChI is InChI=1S/C13H20N2O5S/c16-13-3-1-2-12(10-13)15(11-20-21(17)18)5-4-14-6-8-19-9-7-14/h1-3,10,16H,4-9,11H2,(H,17,18). The fourth-order valence-electron chi connectivity index (χ4n) is 2.15. The number of nitrogens with zero attached hydrogens (tertiary/aromatic N) is 2. The van der Waals surface area contributed by atoms with E-state index in [2.05, 4.69) is 4.90 Å². The van der Waals surface area contributed by atoms with E-state index in [1.807, 2.05) is 11.0 Å². The summed E-state index contributed by atoms with van der Waals surface area (Å²) < 4.78 is 29.5. The lowest BCUT2D eigenvalue weighted by Gasteiger charge is -2.30. The van der Waals surface area contributed by atoms with E-state index in [4.69, 9.17) is 13.5 Å². The Morgan fingerprint density at radius 2 is 2.14 bits per heavy atom. The smallest absolute Gasteiger partial charge is 0.303 e. The Balaban J connectivity index is 1.95. The summed E-state index contributed by atoms with van der Waals surface area (Å²) in [5, 5.41) is 9.55. The average Bonchev–Trinajstić information content (AvgIpc) is 2.48. The highest BCUT2D eigenvalue weighted by atomic mass is 32.2. The Kier molecular flexibility index (Phi) is 6.40. The van der Waals surface area contributed by atoms with Gasteiger partial charge in [0.15, 0.2) is 0 Å². The first kappa shape index (κ1) is 16.2. The molecule has 0 amide bonds. The highest BCUT2D eigenvalue weighted by Gasteiger charge is 2.14. The Morgan fingerprint density at radius 1 is 1.38 bits per heavy atom. The number of aromatic hydroxyl groups is 1. The molecule has 0 bridgehead atoms. The van der Waals surface area contributed by atoms with Crippen LogP contribution in [0.1, 0.15) is 0 Å². The van der Waals surface area contributed by atoms with Crippen molar-refractivity contribution in [1.82, 2.24) is 4.90 Å². The van der Waals surface area contributed by atoms with Gasteiger partial charge in [-0.05, 0) is 12.1 Å². The molecule has 7 nitrogen and oxygen atoms in total. The summed E-state index contributed by atoms with van der Waals surface area (Å²) in [6.07, 6.45) is 0. The maximum Gasteiger partial charge on any atom is 0.303 e. The maximum atomic E-state index is 10.7. The monoisotopic (exact) mass is 316 g/mol. The summed E-state index contributed by atoms with van der Waals surface area (Å²) in [6, 6.07) is 6.72. The van der Waals surface area contributed by atoms with E-state index in [9.17, 15) is 9.32 Å². The SMILES string of the molecule is O=S(O)OCN(CCN1CCOCC1)c1cccc(O)c1. The summed E-state index contributed by atoms with van der Waals surface area (Å²) in [6.45, 7) is 4.60. The first-order valence-electron chi connectivity index (χ1n) is 6.73. The van der Waals surface area contributed by atoms with Crippen LogP contribution >= 0.6 is 0 Å². The largest absolute Gasteiger partial charge is 0.508 e. The van der Waals surface area contributed by atoms with E-state index in [0.29, 0.717) is 6.54 Å². The van der Waals surface area contributed by atoms with Crippen molar-refractivity contribution in [2.24, 2.45) is 0 Å². The van der Waals surface area contributed by atoms with E-state index < -0.39 is 11.4 Å². The van der Waals surface area contributed by atoms with Crippen LogP contribution in [0.25, 0.3) is 0 Å². The molecule has 1 heterocycles. The van der Waals surface area contributed by atoms with Gasteiger partial charge in [0.1, 0.15) is 12.5 Å². The molecule has 1 fully saturated rings. The predicted molar refractivity (Wildman–Crippen MR) is 79.4 cm³/mol. The number of ether oxygens (including phenoxy) is 1. The molecule has 1 aliphatic heterocycles. The van der Waals surface area contributed by atoms with Crippen molar-refractivity contribution in [2.75, 3.05) is 51.0 Å². The average molecular weight is 316 g/mol. The lowest BCUT2D eigenvalue weighted by Crippen LogP contribution is -2.42. The number of morpholine rings is 1. The zero-order chi connectivity index (χ0) is 15.1. The van der Waals surface area contributed by atoms with Crippen LogP contribution in [0.2, 0.25) is 0 Å². The second-order valence-corrected chi connectivity index (χ2v) is 5.37. The number of hydrogen-bond acceptors (Lipinski definition) is 6. The third-order valence-corrected chi connectivity index (χ3v) is 3.60. The van der Waals surface area contributed by atoms with E-state index >= 15 is 0 Å². The van der Waals surface area contributed by atoms with Crippen molar-refractivity contribution < 1.29 is 22.8 Å². The fraction of sp³-hybridized carbons (Fsp3) is 0.538. The number of rotatable bonds is 7. The molecule has 21 heavy (non-hydrogen) atoms. The molecule has 0 saturated carbocycles. The van der Waals surface area contributed by atoms with Gasteiger partial charge < -0.3 is 14.7 Å². The van der Waals surface area contributed by atoms with Crippen LogP contribution in [-0.2, 0) is 20.3 Å². The van der Waals surface area contributed by atoms with Crippen molar-refractivity contribution in [1.29, 1.82) is 0 Å². The molecule has 2 N–H and O–H groups in total. The van der Waals surface area contributed by atoms with Crippen LogP contribution in [0.5, 0.6) is 5.75 Å². The molecule has 1 aliphatic rings. The molecular formula is C13H20N2O5S. The molecule has 1 aromatic carbocycles. The van der Waals surface area contributed by atoms with Gasteiger partial charge in [0, 0.05) is 37.9 Å². The lowest BCUT2D eigenvalue weighted by atomic mass is 10.2. The van der Waals surface area contributed by atoms with Crippen molar-refractivity contribution in [3.05, 3.63) is 24.3 Å². The molecule has 1 atom stereocenters. The number of anilines is 1. The van der Waals surface area contributed by atoms with Gasteiger partial charge in [-0.15, -0.1) is 0 Å². The highest BCUT2D eigenvalue weighted by molar-refractivity contribution is 7.74. The van der Waals surface area contributed by atoms with Gasteiger partial charge in [-0.3, -0.25) is 9.45 Å². The van der Waals surface area contributed by atoms with E-state index in [1.54, 1.807) is 18.2 Å². The first-order valence-corrected chi connectivity index (χ1v) is 7.76. The van der Waals surface area contributed by atoms with Crippen molar-refractivity contribution in [3.8, 4) is 5.75 Å². The first-order chi connectivity index (χ1) is 10.1. The second kappa shape index (κ2) is 8.30. The van der Waals surface area contributed by atoms with Crippen LogP contribution in [0.4, 0.5) is 5.69 Å². The Hall–Kier alpha value is -1.19. The molecule has 0 aliphatic carbocycles. The van der Waals surface area contributed by atoms with E-state index in [0.717, 1.165) is 38.5 Å². The second-order valence-electron chi connectivity index (χ2n) is 4.70. The molecule has 0 aromatic heterocycles. The molecule has 8 heteroatoms. The van der Waals surface area contributed by atoms with Gasteiger partial charge in [0.2, 0.25) is 0 Å². The van der Waals surface area contributed by atoms with Crippen LogP contribution < -0.4 is 4.90 Å². The summed E-state index contributed by atoms with van der Waals surface area (Å²) in [7, 11) is 0. The van der Waals surface area contributed by atoms with Gasteiger partial charge in [0.05, 0.1) is 13.2 Å². The molecule has 1 unspecified atom stereocenters. The third-order valence-electron chi connectivity index (χ3n) is 3.29. The fourth-order valence-corrected chi connectivity index (χ4v) is 2.37. The summed E-state index contributed by atoms with van der Waals surface area (Å²) in [5.74, 6) is 0.147. The van der Waals surface area contributed by atoms with E-state index in [-0.39, 0.29) is 12.5 Å². The summed E-state index contributed by atoms with van der Waals surface area (Å²) in [5.41, 5.74) is 0.744. The Labute approximate surface area is 126 Å². The molecular weight excluding hydrogens is 296 g/mol. The maximum absolute atomic E-state index is 10.7. The van der Waals surface area contributed by atoms with Gasteiger partial charge in [0.25, 0.3) is 0 Å². The highest BCUT2D eigenvalue weighted by Crippen LogP contribution is 2.20. The minimum atomic E-state index is -2.31. The third kappa shape index (κ3) is 5.60. The number of phenolic OH excluding ortho intramolecular Hbond substituents is 1. The van der Waals surface area contributed by atoms with Crippen molar-refractivity contribution >= 4 is 17.0 Å². The molecule has 1 saturated heterocycles. The molecule has 118 valence electrons. The van der Waals surface area contributed by atoms with E-state index in [1.165, 1.54) is 0 Å². The normalized spacial score (nSPS) is 17.6. The van der Waals surface area contributed by atoms with Crippen LogP contribution in [0.3, 0.4) is 0 Å². The molecule has 0 radical (unpaired) electrons. The number of benzene rings is 1. The minimum Gasteiger partial charge on any atom is -0.508 e. The van der Waals surface area contributed by atoms with Crippen molar-refractivity contribution in [2.45, 2.75) is 0 Å². The zero-order valence-electron chi connectivity index (χ0n) is 11.7. The van der Waals surface area contributed by atoms with Crippen LogP contribution in [-0.4, -0.2) is 64.9 Å². The van der Waals surface area contributed by atoms with Gasteiger partial charge >= 0.3 is 11.4 Å². The predicted octanol–water partition coefficient (Wildman–Crippen LogP) is 0.642. The van der Waals surface area contributed by atoms with Crippen molar-refractivity contribution in [3.63, 3.8) is 0 Å². The lowest BCUT2D eigenvalue weighted by molar-refractivity contribution is 0.0388. The Morgan fingerprint density at radius 3 is 2.81 bits per heavy atom. The molecule has 0 spiro atoms. The zero-order valence-corrected chi connectivity index (χ0v) is 12.5. The molecule has 1 aromatic rings. The van der Waals surface area contributed by atoms with Gasteiger partial charge in [-0.1, -0.05) is 6.07 Å². The minimum absolute atomic E-state index is 0.0170. The number of hydrogen-bond donors (Lipinski definition) is 2. The Bertz CT molecular complexity index is 468. The number of phenols is 1. The van der Waals surface area contributed by atoms with Gasteiger partial charge in [-0.25, -0.2) is 4.18 Å². The van der Waals surface area contributed by atoms with Crippen LogP contribution in [0, 0.1) is 0 Å². The summed E-state index contributed by atoms with van der Waals surface area (Å²) in [4.78, 5) is 4.07. The summed E-state index contributed by atoms with van der Waals surface area (Å²) >= 11 is -2.31. The molecule has 2 rings (SSSR count). The quantitative estimate of drug-likeness (QED) is 0.564. The van der Waals surface area contributed by atoms with Gasteiger partial charge in [-0.2, -0.15) is 4.21 Å². The van der Waals surface area contributed by atoms with Crippen LogP contribution in [0.15, 0.2) is 24.3 Å². The topological polar surface area (TPSA) is 82.5 Å².